The third-order valence-electron chi connectivity index (χ3n) is 4.41. The van der Waals surface area contributed by atoms with Crippen LogP contribution in [0.25, 0.3) is 0 Å². The molecule has 1 unspecified atom stereocenters. The summed E-state index contributed by atoms with van der Waals surface area (Å²) in [6.07, 6.45) is 2.85. The van der Waals surface area contributed by atoms with Crippen molar-refractivity contribution in [2.75, 3.05) is 17.7 Å². The Bertz CT molecular complexity index is 919. The summed E-state index contributed by atoms with van der Waals surface area (Å²) >= 11 is 8.59. The Morgan fingerprint density at radius 3 is 2.86 bits per heavy atom. The summed E-state index contributed by atoms with van der Waals surface area (Å²) in [5.74, 6) is -0.230. The summed E-state index contributed by atoms with van der Waals surface area (Å²) in [6, 6.07) is 9.33. The lowest BCUT2D eigenvalue weighted by atomic mass is 9.89. The highest BCUT2D eigenvalue weighted by Crippen LogP contribution is 2.39. The van der Waals surface area contributed by atoms with E-state index in [0.29, 0.717) is 21.5 Å². The van der Waals surface area contributed by atoms with Gasteiger partial charge in [0.25, 0.3) is 5.91 Å². The van der Waals surface area contributed by atoms with Crippen molar-refractivity contribution in [2.45, 2.75) is 31.1 Å². The van der Waals surface area contributed by atoms with Crippen LogP contribution in [0, 0.1) is 17.2 Å². The monoisotopic (exact) mass is 434 g/mol. The van der Waals surface area contributed by atoms with Crippen LogP contribution in [0.4, 0.5) is 5.00 Å². The molecule has 1 aliphatic rings. The lowest BCUT2D eigenvalue weighted by molar-refractivity contribution is -0.144. The number of carbonyl (C=O) groups is 2. The predicted octanol–water partition coefficient (Wildman–Crippen LogP) is 4.67. The Kier molecular flexibility index (Phi) is 7.00. The number of nitrogens with zero attached hydrogens (tertiary/aromatic N) is 1. The zero-order chi connectivity index (χ0) is 20.1. The van der Waals surface area contributed by atoms with E-state index in [9.17, 15) is 14.9 Å². The molecule has 0 bridgehead atoms. The van der Waals surface area contributed by atoms with Crippen LogP contribution >= 0.6 is 34.7 Å². The predicted molar refractivity (Wildman–Crippen MR) is 112 cm³/mol. The van der Waals surface area contributed by atoms with Crippen molar-refractivity contribution in [2.24, 2.45) is 5.92 Å². The topological polar surface area (TPSA) is 79.2 Å². The summed E-state index contributed by atoms with van der Waals surface area (Å²) in [5.41, 5.74) is 1.60. The number of carbonyl (C=O) groups excluding carboxylic acids is 2. The first-order valence-corrected chi connectivity index (χ1v) is 11.0. The molecular weight excluding hydrogens is 416 g/mol. The number of ether oxygens (including phenoxy) is 1. The number of rotatable bonds is 6. The van der Waals surface area contributed by atoms with Gasteiger partial charge in [-0.3, -0.25) is 9.59 Å². The number of benzene rings is 1. The molecule has 0 radical (unpaired) electrons. The van der Waals surface area contributed by atoms with Crippen LogP contribution in [0.2, 0.25) is 5.02 Å². The number of esters is 1. The Balaban J connectivity index is 1.50. The molecule has 1 aromatic carbocycles. The fourth-order valence-corrected chi connectivity index (χ4v) is 5.18. The molecule has 2 aromatic rings. The van der Waals surface area contributed by atoms with E-state index in [1.54, 1.807) is 12.1 Å². The number of hydrogen-bond acceptors (Lipinski definition) is 6. The molecular formula is C20H19ClN2O3S2. The average Bonchev–Trinajstić information content (AvgIpc) is 3.01. The summed E-state index contributed by atoms with van der Waals surface area (Å²) in [5, 5.41) is 13.4. The van der Waals surface area contributed by atoms with Gasteiger partial charge in [-0.15, -0.1) is 23.1 Å². The van der Waals surface area contributed by atoms with Crippen LogP contribution in [0.5, 0.6) is 0 Å². The summed E-state index contributed by atoms with van der Waals surface area (Å²) in [6.45, 7) is 1.82. The molecule has 0 aliphatic heterocycles. The maximum absolute atomic E-state index is 12.2. The number of nitrogens with one attached hydrogen (secondary N) is 1. The Hall–Kier alpha value is -2.01. The highest BCUT2D eigenvalue weighted by Gasteiger charge is 2.24. The highest BCUT2D eigenvalue weighted by atomic mass is 35.5. The van der Waals surface area contributed by atoms with E-state index in [1.807, 2.05) is 12.1 Å². The smallest absolute Gasteiger partial charge is 0.316 e. The minimum atomic E-state index is -0.477. The van der Waals surface area contributed by atoms with Gasteiger partial charge in [0.2, 0.25) is 0 Å². The number of hydrogen-bond donors (Lipinski definition) is 1. The molecule has 0 saturated carbocycles. The Labute approximate surface area is 177 Å². The molecule has 146 valence electrons. The van der Waals surface area contributed by atoms with Crippen molar-refractivity contribution >= 4 is 51.6 Å². The third-order valence-corrected chi connectivity index (χ3v) is 6.82. The molecule has 1 atom stereocenters. The first kappa shape index (κ1) is 20.7. The van der Waals surface area contributed by atoms with Gasteiger partial charge >= 0.3 is 5.97 Å². The molecule has 5 nitrogen and oxygen atoms in total. The minimum absolute atomic E-state index is 0.101. The van der Waals surface area contributed by atoms with Crippen LogP contribution in [-0.2, 0) is 27.2 Å². The van der Waals surface area contributed by atoms with Gasteiger partial charge in [0.05, 0.1) is 11.3 Å². The fourth-order valence-electron chi connectivity index (χ4n) is 2.98. The molecule has 1 aliphatic carbocycles. The van der Waals surface area contributed by atoms with Gasteiger partial charge in [-0.1, -0.05) is 18.5 Å². The third kappa shape index (κ3) is 5.28. The number of thioether (sulfide) groups is 1. The zero-order valence-electron chi connectivity index (χ0n) is 15.3. The van der Waals surface area contributed by atoms with Crippen LogP contribution < -0.4 is 5.32 Å². The number of fused-ring (bicyclic) bond motifs is 1. The van der Waals surface area contributed by atoms with E-state index in [1.165, 1.54) is 28.0 Å². The molecule has 3 rings (SSSR count). The second-order valence-corrected chi connectivity index (χ2v) is 9.21. The van der Waals surface area contributed by atoms with Crippen LogP contribution in [0.15, 0.2) is 29.2 Å². The van der Waals surface area contributed by atoms with Crippen molar-refractivity contribution in [3.05, 3.63) is 45.3 Å². The van der Waals surface area contributed by atoms with E-state index >= 15 is 0 Å². The van der Waals surface area contributed by atoms with Gasteiger partial charge in [-0.25, -0.2) is 0 Å². The minimum Gasteiger partial charge on any atom is -0.455 e. The first-order valence-electron chi connectivity index (χ1n) is 8.84. The van der Waals surface area contributed by atoms with Crippen LogP contribution in [-0.4, -0.2) is 24.2 Å². The lowest BCUT2D eigenvalue weighted by Crippen LogP contribution is -2.21. The molecule has 8 heteroatoms. The Morgan fingerprint density at radius 2 is 2.14 bits per heavy atom. The second-order valence-electron chi connectivity index (χ2n) is 6.62. The normalized spacial score (nSPS) is 15.4. The van der Waals surface area contributed by atoms with Crippen molar-refractivity contribution in [3.8, 4) is 6.07 Å². The van der Waals surface area contributed by atoms with Gasteiger partial charge in [-0.05, 0) is 55.0 Å². The molecule has 0 fully saturated rings. The van der Waals surface area contributed by atoms with Gasteiger partial charge in [0, 0.05) is 14.8 Å². The molecule has 0 spiro atoms. The molecule has 1 heterocycles. The van der Waals surface area contributed by atoms with E-state index in [4.69, 9.17) is 16.3 Å². The fraction of sp³-hybridized carbons (Fsp3) is 0.350. The lowest BCUT2D eigenvalue weighted by Gasteiger charge is -2.17. The standard InChI is InChI=1S/C20H19ClN2O3S2/c1-12-2-7-15-16(9-22)20(28-17(15)8-12)23-18(24)10-26-19(25)11-27-14-5-3-13(21)4-6-14/h3-6,12H,2,7-8,10-11H2,1H3,(H,23,24). The summed E-state index contributed by atoms with van der Waals surface area (Å²) < 4.78 is 5.04. The first-order chi connectivity index (χ1) is 13.5. The van der Waals surface area contributed by atoms with Crippen LogP contribution in [0.1, 0.15) is 29.3 Å². The zero-order valence-corrected chi connectivity index (χ0v) is 17.7. The quantitative estimate of drug-likeness (QED) is 0.527. The highest BCUT2D eigenvalue weighted by molar-refractivity contribution is 8.00. The molecule has 1 amide bonds. The van der Waals surface area contributed by atoms with Crippen molar-refractivity contribution < 1.29 is 14.3 Å². The van der Waals surface area contributed by atoms with Crippen molar-refractivity contribution in [1.29, 1.82) is 5.26 Å². The largest absolute Gasteiger partial charge is 0.455 e. The van der Waals surface area contributed by atoms with Gasteiger partial charge in [-0.2, -0.15) is 5.26 Å². The maximum atomic E-state index is 12.2. The number of amides is 1. The van der Waals surface area contributed by atoms with E-state index in [0.717, 1.165) is 29.7 Å². The van der Waals surface area contributed by atoms with E-state index < -0.39 is 11.9 Å². The van der Waals surface area contributed by atoms with E-state index in [-0.39, 0.29) is 12.4 Å². The maximum Gasteiger partial charge on any atom is 0.316 e. The van der Waals surface area contributed by atoms with Gasteiger partial charge in [0.1, 0.15) is 11.1 Å². The number of halogens is 1. The van der Waals surface area contributed by atoms with Gasteiger partial charge < -0.3 is 10.1 Å². The number of nitriles is 1. The molecule has 0 saturated heterocycles. The number of anilines is 1. The second kappa shape index (κ2) is 9.46. The number of thiophene rings is 1. The molecule has 28 heavy (non-hydrogen) atoms. The average molecular weight is 435 g/mol. The Morgan fingerprint density at radius 1 is 1.39 bits per heavy atom. The van der Waals surface area contributed by atoms with Crippen molar-refractivity contribution in [3.63, 3.8) is 0 Å². The summed E-state index contributed by atoms with van der Waals surface area (Å²) in [4.78, 5) is 26.1. The van der Waals surface area contributed by atoms with Crippen LogP contribution in [0.3, 0.4) is 0 Å². The molecule has 1 N–H and O–H groups in total. The van der Waals surface area contributed by atoms with Gasteiger partial charge in [0.15, 0.2) is 6.61 Å². The molecule has 1 aromatic heterocycles. The van der Waals surface area contributed by atoms with E-state index in [2.05, 4.69) is 18.3 Å². The summed E-state index contributed by atoms with van der Waals surface area (Å²) in [7, 11) is 0. The SMILES string of the molecule is CC1CCc2c(sc(NC(=O)COC(=O)CSc3ccc(Cl)cc3)c2C#N)C1. The van der Waals surface area contributed by atoms with Crippen molar-refractivity contribution in [1.82, 2.24) is 0 Å².